The van der Waals surface area contributed by atoms with Crippen molar-refractivity contribution in [2.75, 3.05) is 6.54 Å². The molecule has 1 aromatic carbocycles. The fourth-order valence-corrected chi connectivity index (χ4v) is 3.12. The van der Waals surface area contributed by atoms with Crippen molar-refractivity contribution in [3.05, 3.63) is 48.3 Å². The average Bonchev–Trinajstić information content (AvgIpc) is 2.94. The van der Waals surface area contributed by atoms with Crippen LogP contribution in [0, 0.1) is 0 Å². The van der Waals surface area contributed by atoms with E-state index in [1.807, 2.05) is 42.9 Å². The SMILES string of the molecule is CC[C@@H](CNC(=O)[C@@H](C)Sc1nccn1C)c1ccccc1. The Morgan fingerprint density at radius 1 is 1.36 bits per heavy atom. The van der Waals surface area contributed by atoms with E-state index in [-0.39, 0.29) is 11.2 Å². The topological polar surface area (TPSA) is 46.9 Å². The van der Waals surface area contributed by atoms with Crippen LogP contribution in [0.2, 0.25) is 0 Å². The summed E-state index contributed by atoms with van der Waals surface area (Å²) in [6.07, 6.45) is 4.64. The van der Waals surface area contributed by atoms with Gasteiger partial charge in [0.05, 0.1) is 5.25 Å². The minimum Gasteiger partial charge on any atom is -0.355 e. The van der Waals surface area contributed by atoms with Crippen LogP contribution < -0.4 is 5.32 Å². The Balaban J connectivity index is 1.87. The molecular formula is C17H23N3OS. The maximum atomic E-state index is 12.3. The molecule has 5 heteroatoms. The van der Waals surface area contributed by atoms with Crippen LogP contribution in [0.4, 0.5) is 0 Å². The summed E-state index contributed by atoms with van der Waals surface area (Å²) in [5.74, 6) is 0.415. The normalized spacial score (nSPS) is 13.6. The molecule has 0 aliphatic carbocycles. The molecule has 1 amide bonds. The third kappa shape index (κ3) is 4.37. The summed E-state index contributed by atoms with van der Waals surface area (Å²) in [6, 6.07) is 10.3. The van der Waals surface area contributed by atoms with Gasteiger partial charge in [0.2, 0.25) is 5.91 Å². The number of aromatic nitrogens is 2. The highest BCUT2D eigenvalue weighted by Crippen LogP contribution is 2.22. The fourth-order valence-electron chi connectivity index (χ4n) is 2.27. The van der Waals surface area contributed by atoms with Gasteiger partial charge in [0.1, 0.15) is 0 Å². The highest BCUT2D eigenvalue weighted by molar-refractivity contribution is 8.00. The zero-order valence-electron chi connectivity index (χ0n) is 13.3. The first-order valence-electron chi connectivity index (χ1n) is 7.58. The molecule has 0 bridgehead atoms. The van der Waals surface area contributed by atoms with Crippen molar-refractivity contribution in [3.63, 3.8) is 0 Å². The Morgan fingerprint density at radius 2 is 2.09 bits per heavy atom. The number of nitrogens with one attached hydrogen (secondary N) is 1. The average molecular weight is 317 g/mol. The molecular weight excluding hydrogens is 294 g/mol. The molecule has 0 spiro atoms. The quantitative estimate of drug-likeness (QED) is 0.798. The third-order valence-electron chi connectivity index (χ3n) is 3.71. The molecule has 0 fully saturated rings. The highest BCUT2D eigenvalue weighted by atomic mass is 32.2. The summed E-state index contributed by atoms with van der Waals surface area (Å²) in [4.78, 5) is 16.5. The number of aryl methyl sites for hydroxylation is 1. The number of hydrogen-bond donors (Lipinski definition) is 1. The van der Waals surface area contributed by atoms with Crippen molar-refractivity contribution in [2.24, 2.45) is 7.05 Å². The zero-order valence-corrected chi connectivity index (χ0v) is 14.1. The van der Waals surface area contributed by atoms with E-state index in [9.17, 15) is 4.79 Å². The van der Waals surface area contributed by atoms with Crippen molar-refractivity contribution >= 4 is 17.7 Å². The third-order valence-corrected chi connectivity index (χ3v) is 4.89. The van der Waals surface area contributed by atoms with E-state index < -0.39 is 0 Å². The van der Waals surface area contributed by atoms with E-state index in [4.69, 9.17) is 0 Å². The Morgan fingerprint density at radius 3 is 2.68 bits per heavy atom. The molecule has 22 heavy (non-hydrogen) atoms. The van der Waals surface area contributed by atoms with Crippen LogP contribution in [-0.2, 0) is 11.8 Å². The largest absolute Gasteiger partial charge is 0.355 e. The number of carbonyl (C=O) groups is 1. The van der Waals surface area contributed by atoms with Crippen LogP contribution in [0.25, 0.3) is 0 Å². The predicted octanol–water partition coefficient (Wildman–Crippen LogP) is 3.21. The van der Waals surface area contributed by atoms with Gasteiger partial charge in [-0.2, -0.15) is 0 Å². The standard InChI is InChI=1S/C17H23N3OS/c1-4-14(15-8-6-5-7-9-15)12-19-16(21)13(2)22-17-18-10-11-20(17)3/h5-11,13-14H,4,12H2,1-3H3,(H,19,21)/t13-,14+/m1/s1. The molecule has 118 valence electrons. The molecule has 2 aromatic rings. The molecule has 2 atom stereocenters. The van der Waals surface area contributed by atoms with Crippen LogP contribution >= 0.6 is 11.8 Å². The summed E-state index contributed by atoms with van der Waals surface area (Å²) in [6.45, 7) is 4.73. The Hall–Kier alpha value is -1.75. The van der Waals surface area contributed by atoms with Gasteiger partial charge >= 0.3 is 0 Å². The van der Waals surface area contributed by atoms with Gasteiger partial charge in [-0.1, -0.05) is 49.0 Å². The Kier molecular flexibility index (Phi) is 6.07. The summed E-state index contributed by atoms with van der Waals surface area (Å²) in [5.41, 5.74) is 1.27. The van der Waals surface area contributed by atoms with E-state index in [1.54, 1.807) is 6.20 Å². The molecule has 0 aliphatic rings. The molecule has 4 nitrogen and oxygen atoms in total. The first-order chi connectivity index (χ1) is 10.6. The molecule has 2 rings (SSSR count). The number of rotatable bonds is 7. The van der Waals surface area contributed by atoms with E-state index in [2.05, 4.69) is 29.4 Å². The second-order valence-electron chi connectivity index (χ2n) is 5.34. The molecule has 0 saturated heterocycles. The maximum absolute atomic E-state index is 12.3. The van der Waals surface area contributed by atoms with Gasteiger partial charge in [0.25, 0.3) is 0 Å². The molecule has 1 aromatic heterocycles. The lowest BCUT2D eigenvalue weighted by atomic mass is 9.96. The molecule has 0 unspecified atom stereocenters. The number of nitrogens with zero attached hydrogens (tertiary/aromatic N) is 2. The Labute approximate surface area is 136 Å². The van der Waals surface area contributed by atoms with Gasteiger partial charge in [-0.15, -0.1) is 0 Å². The number of thioether (sulfide) groups is 1. The van der Waals surface area contributed by atoms with E-state index in [0.29, 0.717) is 12.5 Å². The smallest absolute Gasteiger partial charge is 0.233 e. The summed E-state index contributed by atoms with van der Waals surface area (Å²) >= 11 is 1.48. The lowest BCUT2D eigenvalue weighted by Gasteiger charge is -2.18. The highest BCUT2D eigenvalue weighted by Gasteiger charge is 2.18. The van der Waals surface area contributed by atoms with Crippen molar-refractivity contribution in [3.8, 4) is 0 Å². The molecule has 0 saturated carbocycles. The number of imidazole rings is 1. The number of amides is 1. The number of hydrogen-bond acceptors (Lipinski definition) is 3. The zero-order chi connectivity index (χ0) is 15.9. The van der Waals surface area contributed by atoms with Gasteiger partial charge in [0, 0.05) is 31.9 Å². The summed E-state index contributed by atoms with van der Waals surface area (Å²) in [7, 11) is 1.93. The number of benzene rings is 1. The van der Waals surface area contributed by atoms with Crippen LogP contribution in [-0.4, -0.2) is 27.3 Å². The summed E-state index contributed by atoms with van der Waals surface area (Å²) < 4.78 is 1.92. The van der Waals surface area contributed by atoms with Gasteiger partial charge in [-0.25, -0.2) is 4.98 Å². The molecule has 0 aliphatic heterocycles. The van der Waals surface area contributed by atoms with Crippen molar-refractivity contribution in [1.29, 1.82) is 0 Å². The molecule has 0 radical (unpaired) electrons. The minimum atomic E-state index is -0.158. The fraction of sp³-hybridized carbons (Fsp3) is 0.412. The van der Waals surface area contributed by atoms with Crippen LogP contribution in [0.15, 0.2) is 47.9 Å². The lowest BCUT2D eigenvalue weighted by Crippen LogP contribution is -2.34. The van der Waals surface area contributed by atoms with Gasteiger partial charge < -0.3 is 9.88 Å². The second kappa shape index (κ2) is 8.03. The predicted molar refractivity (Wildman–Crippen MR) is 91.0 cm³/mol. The van der Waals surface area contributed by atoms with Crippen molar-refractivity contribution < 1.29 is 4.79 Å². The van der Waals surface area contributed by atoms with Crippen molar-refractivity contribution in [1.82, 2.24) is 14.9 Å². The van der Waals surface area contributed by atoms with E-state index in [1.165, 1.54) is 17.3 Å². The van der Waals surface area contributed by atoms with Crippen LogP contribution in [0.1, 0.15) is 31.7 Å². The van der Waals surface area contributed by atoms with E-state index in [0.717, 1.165) is 11.6 Å². The Bertz CT molecular complexity index is 597. The molecule has 1 heterocycles. The summed E-state index contributed by atoms with van der Waals surface area (Å²) in [5, 5.41) is 3.77. The van der Waals surface area contributed by atoms with Crippen LogP contribution in [0.5, 0.6) is 0 Å². The maximum Gasteiger partial charge on any atom is 0.233 e. The minimum absolute atomic E-state index is 0.0578. The first-order valence-corrected chi connectivity index (χ1v) is 8.46. The first kappa shape index (κ1) is 16.6. The second-order valence-corrected chi connectivity index (χ2v) is 6.65. The van der Waals surface area contributed by atoms with Crippen LogP contribution in [0.3, 0.4) is 0 Å². The van der Waals surface area contributed by atoms with Crippen molar-refractivity contribution in [2.45, 2.75) is 36.6 Å². The number of carbonyl (C=O) groups excluding carboxylic acids is 1. The van der Waals surface area contributed by atoms with Gasteiger partial charge in [0.15, 0.2) is 5.16 Å². The van der Waals surface area contributed by atoms with E-state index >= 15 is 0 Å². The molecule has 1 N–H and O–H groups in total. The lowest BCUT2D eigenvalue weighted by molar-refractivity contribution is -0.120. The van der Waals surface area contributed by atoms with Gasteiger partial charge in [-0.05, 0) is 18.9 Å². The van der Waals surface area contributed by atoms with Gasteiger partial charge in [-0.3, -0.25) is 4.79 Å². The monoisotopic (exact) mass is 317 g/mol.